The average Bonchev–Trinajstić information content (AvgIpc) is 3.12. The van der Waals surface area contributed by atoms with Gasteiger partial charge in [-0.1, -0.05) is 30.0 Å². The first kappa shape index (κ1) is 19.4. The molecule has 2 amide bonds. The summed E-state index contributed by atoms with van der Waals surface area (Å²) in [4.78, 5) is 34.8. The molecule has 2 aromatic heterocycles. The third-order valence-electron chi connectivity index (χ3n) is 5.07. The Morgan fingerprint density at radius 1 is 1.17 bits per heavy atom. The summed E-state index contributed by atoms with van der Waals surface area (Å²) in [6.07, 6.45) is 4.88. The maximum Gasteiger partial charge on any atom is 0.287 e. The Balaban J connectivity index is 1.51. The van der Waals surface area contributed by atoms with Crippen LogP contribution in [0.2, 0.25) is 0 Å². The number of carbonyl (C=O) groups excluding carboxylic acids is 2. The SMILES string of the molecule is CC(=O)N1CCC(NC(=O)c2oc3ccccc3c2CSc2ncccn2)CC1. The van der Waals surface area contributed by atoms with Gasteiger partial charge in [0.25, 0.3) is 5.91 Å². The molecule has 0 spiro atoms. The monoisotopic (exact) mass is 410 g/mol. The fourth-order valence-corrected chi connectivity index (χ4v) is 4.34. The van der Waals surface area contributed by atoms with Crippen LogP contribution in [0.5, 0.6) is 0 Å². The number of thioether (sulfide) groups is 1. The molecular formula is C21H22N4O3S. The van der Waals surface area contributed by atoms with Crippen molar-refractivity contribution in [3.63, 3.8) is 0 Å². The molecule has 3 heterocycles. The zero-order chi connectivity index (χ0) is 20.2. The van der Waals surface area contributed by atoms with E-state index < -0.39 is 0 Å². The van der Waals surface area contributed by atoms with E-state index in [2.05, 4.69) is 15.3 Å². The number of hydrogen-bond donors (Lipinski definition) is 1. The number of carbonyl (C=O) groups is 2. The Morgan fingerprint density at radius 3 is 2.62 bits per heavy atom. The second-order valence-corrected chi connectivity index (χ2v) is 7.92. The van der Waals surface area contributed by atoms with Gasteiger partial charge in [0, 0.05) is 55.2 Å². The maximum absolute atomic E-state index is 13.0. The van der Waals surface area contributed by atoms with Crippen molar-refractivity contribution in [2.75, 3.05) is 13.1 Å². The van der Waals surface area contributed by atoms with Crippen LogP contribution in [0.25, 0.3) is 11.0 Å². The predicted molar refractivity (Wildman–Crippen MR) is 111 cm³/mol. The molecular weight excluding hydrogens is 388 g/mol. The molecule has 8 heteroatoms. The number of benzene rings is 1. The minimum atomic E-state index is -0.216. The largest absolute Gasteiger partial charge is 0.451 e. The summed E-state index contributed by atoms with van der Waals surface area (Å²) in [6.45, 7) is 2.90. The van der Waals surface area contributed by atoms with Gasteiger partial charge in [-0.25, -0.2) is 9.97 Å². The summed E-state index contributed by atoms with van der Waals surface area (Å²) >= 11 is 1.47. The molecule has 0 aliphatic carbocycles. The van der Waals surface area contributed by atoms with E-state index in [1.165, 1.54) is 11.8 Å². The predicted octanol–water partition coefficient (Wildman–Crippen LogP) is 3.26. The first-order valence-corrected chi connectivity index (χ1v) is 10.6. The molecule has 29 heavy (non-hydrogen) atoms. The smallest absolute Gasteiger partial charge is 0.287 e. The summed E-state index contributed by atoms with van der Waals surface area (Å²) in [5.74, 6) is 0.734. The topological polar surface area (TPSA) is 88.3 Å². The van der Waals surface area contributed by atoms with Crippen LogP contribution in [0, 0.1) is 0 Å². The zero-order valence-electron chi connectivity index (χ0n) is 16.1. The van der Waals surface area contributed by atoms with Crippen molar-refractivity contribution in [1.82, 2.24) is 20.2 Å². The number of nitrogens with zero attached hydrogens (tertiary/aromatic N) is 3. The molecule has 0 saturated carbocycles. The zero-order valence-corrected chi connectivity index (χ0v) is 16.9. The lowest BCUT2D eigenvalue weighted by Gasteiger charge is -2.31. The third kappa shape index (κ3) is 4.42. The number of nitrogens with one attached hydrogen (secondary N) is 1. The van der Waals surface area contributed by atoms with Gasteiger partial charge in [0.05, 0.1) is 0 Å². The van der Waals surface area contributed by atoms with Crippen LogP contribution in [0.15, 0.2) is 52.3 Å². The number of furan rings is 1. The second kappa shape index (κ2) is 8.65. The molecule has 0 unspecified atom stereocenters. The Hall–Kier alpha value is -2.87. The van der Waals surface area contributed by atoms with E-state index in [0.29, 0.717) is 35.3 Å². The molecule has 1 aromatic carbocycles. The molecule has 3 aromatic rings. The highest BCUT2D eigenvalue weighted by Gasteiger charge is 2.26. The minimum absolute atomic E-state index is 0.0317. The number of rotatable bonds is 5. The highest BCUT2D eigenvalue weighted by atomic mass is 32.2. The van der Waals surface area contributed by atoms with Crippen LogP contribution in [0.4, 0.5) is 0 Å². The van der Waals surface area contributed by atoms with Crippen LogP contribution in [0.1, 0.15) is 35.9 Å². The molecule has 1 fully saturated rings. The van der Waals surface area contributed by atoms with Gasteiger partial charge >= 0.3 is 0 Å². The number of amides is 2. The van der Waals surface area contributed by atoms with Crippen molar-refractivity contribution in [3.05, 3.63) is 54.0 Å². The molecule has 0 radical (unpaired) electrons. The highest BCUT2D eigenvalue weighted by Crippen LogP contribution is 2.31. The van der Waals surface area contributed by atoms with E-state index >= 15 is 0 Å². The van der Waals surface area contributed by atoms with Gasteiger partial charge < -0.3 is 14.6 Å². The van der Waals surface area contributed by atoms with E-state index in [-0.39, 0.29) is 17.9 Å². The molecule has 1 aliphatic rings. The number of para-hydroxylation sites is 1. The van der Waals surface area contributed by atoms with Crippen molar-refractivity contribution < 1.29 is 14.0 Å². The maximum atomic E-state index is 13.0. The van der Waals surface area contributed by atoms with Gasteiger partial charge in [-0.3, -0.25) is 9.59 Å². The first-order chi connectivity index (χ1) is 14.1. The average molecular weight is 410 g/mol. The van der Waals surface area contributed by atoms with Crippen molar-refractivity contribution in [2.45, 2.75) is 36.7 Å². The molecule has 1 N–H and O–H groups in total. The number of likely N-dealkylation sites (tertiary alicyclic amines) is 1. The van der Waals surface area contributed by atoms with E-state index in [4.69, 9.17) is 4.42 Å². The van der Waals surface area contributed by atoms with E-state index in [1.807, 2.05) is 29.2 Å². The molecule has 1 aliphatic heterocycles. The molecule has 0 bridgehead atoms. The highest BCUT2D eigenvalue weighted by molar-refractivity contribution is 7.98. The summed E-state index contributed by atoms with van der Waals surface area (Å²) in [6, 6.07) is 9.46. The van der Waals surface area contributed by atoms with Gasteiger partial charge in [0.1, 0.15) is 5.58 Å². The standard InChI is InChI=1S/C21H22N4O3S/c1-14(26)25-11-7-15(8-12-25)24-20(27)19-17(13-29-21-22-9-4-10-23-21)16-5-2-3-6-18(16)28-19/h2-6,9-10,15H,7-8,11-13H2,1H3,(H,24,27). The van der Waals surface area contributed by atoms with Gasteiger partial charge in [0.15, 0.2) is 10.9 Å². The molecule has 150 valence electrons. The van der Waals surface area contributed by atoms with Crippen molar-refractivity contribution >= 4 is 34.5 Å². The number of aromatic nitrogens is 2. The van der Waals surface area contributed by atoms with E-state index in [9.17, 15) is 9.59 Å². The summed E-state index contributed by atoms with van der Waals surface area (Å²) in [5.41, 5.74) is 1.53. The summed E-state index contributed by atoms with van der Waals surface area (Å²) in [5, 5.41) is 4.66. The van der Waals surface area contributed by atoms with Gasteiger partial charge in [-0.05, 0) is 25.0 Å². The number of piperidine rings is 1. The summed E-state index contributed by atoms with van der Waals surface area (Å²) in [7, 11) is 0. The lowest BCUT2D eigenvalue weighted by molar-refractivity contribution is -0.129. The minimum Gasteiger partial charge on any atom is -0.451 e. The number of hydrogen-bond acceptors (Lipinski definition) is 6. The quantitative estimate of drug-likeness (QED) is 0.513. The molecule has 0 atom stereocenters. The fraction of sp³-hybridized carbons (Fsp3) is 0.333. The van der Waals surface area contributed by atoms with Crippen LogP contribution in [0.3, 0.4) is 0 Å². The first-order valence-electron chi connectivity index (χ1n) is 9.58. The Labute approximate surface area is 172 Å². The van der Waals surface area contributed by atoms with Crippen molar-refractivity contribution in [2.24, 2.45) is 0 Å². The van der Waals surface area contributed by atoms with Crippen LogP contribution in [-0.2, 0) is 10.5 Å². The Morgan fingerprint density at radius 2 is 1.90 bits per heavy atom. The number of fused-ring (bicyclic) bond motifs is 1. The van der Waals surface area contributed by atoms with Crippen LogP contribution >= 0.6 is 11.8 Å². The Bertz CT molecular complexity index is 1010. The van der Waals surface area contributed by atoms with E-state index in [1.54, 1.807) is 25.4 Å². The van der Waals surface area contributed by atoms with Gasteiger partial charge in [0.2, 0.25) is 5.91 Å². The van der Waals surface area contributed by atoms with Gasteiger partial charge in [-0.2, -0.15) is 0 Å². The normalized spacial score (nSPS) is 14.9. The lowest BCUT2D eigenvalue weighted by atomic mass is 10.0. The van der Waals surface area contributed by atoms with Crippen molar-refractivity contribution in [1.29, 1.82) is 0 Å². The lowest BCUT2D eigenvalue weighted by Crippen LogP contribution is -2.46. The second-order valence-electron chi connectivity index (χ2n) is 6.98. The van der Waals surface area contributed by atoms with Crippen LogP contribution in [-0.4, -0.2) is 45.8 Å². The molecule has 1 saturated heterocycles. The Kier molecular flexibility index (Phi) is 5.80. The van der Waals surface area contributed by atoms with E-state index in [0.717, 1.165) is 23.8 Å². The summed E-state index contributed by atoms with van der Waals surface area (Å²) < 4.78 is 5.92. The van der Waals surface area contributed by atoms with Crippen LogP contribution < -0.4 is 5.32 Å². The van der Waals surface area contributed by atoms with Gasteiger partial charge in [-0.15, -0.1) is 0 Å². The molecule has 7 nitrogen and oxygen atoms in total. The van der Waals surface area contributed by atoms with Crippen molar-refractivity contribution in [3.8, 4) is 0 Å². The molecule has 4 rings (SSSR count). The fourth-order valence-electron chi connectivity index (χ4n) is 3.51. The third-order valence-corrected chi connectivity index (χ3v) is 5.97.